The van der Waals surface area contributed by atoms with Crippen LogP contribution in [0, 0.1) is 0 Å². The van der Waals surface area contributed by atoms with E-state index in [-0.39, 0.29) is 6.03 Å². The van der Waals surface area contributed by atoms with Crippen molar-refractivity contribution in [2.45, 2.75) is 19.8 Å². The molecule has 0 aliphatic carbocycles. The van der Waals surface area contributed by atoms with Crippen LogP contribution in [0.2, 0.25) is 0 Å². The number of urea groups is 1. The molecule has 4 heteroatoms. The summed E-state index contributed by atoms with van der Waals surface area (Å²) in [4.78, 5) is 12.9. The zero-order valence-corrected chi connectivity index (χ0v) is 7.97. The van der Waals surface area contributed by atoms with E-state index in [4.69, 9.17) is 0 Å². The Morgan fingerprint density at radius 1 is 1.58 bits per heavy atom. The first kappa shape index (κ1) is 11.2. The van der Waals surface area contributed by atoms with Crippen molar-refractivity contribution in [1.82, 2.24) is 10.2 Å². The smallest absolute Gasteiger partial charge is 0.317 e. The summed E-state index contributed by atoms with van der Waals surface area (Å²) in [7, 11) is 1.50. The van der Waals surface area contributed by atoms with Gasteiger partial charge in [0.2, 0.25) is 0 Å². The van der Waals surface area contributed by atoms with Crippen molar-refractivity contribution < 1.29 is 4.79 Å². The molecule has 1 aliphatic heterocycles. The molecule has 0 radical (unpaired) electrons. The predicted molar refractivity (Wildman–Crippen MR) is 50.0 cm³/mol. The molecule has 0 atom stereocenters. The summed E-state index contributed by atoms with van der Waals surface area (Å²) in [5, 5.41) is 2.80. The summed E-state index contributed by atoms with van der Waals surface area (Å²) in [6.07, 6.45) is 2.14. The van der Waals surface area contributed by atoms with E-state index in [9.17, 15) is 4.79 Å². The van der Waals surface area contributed by atoms with E-state index in [1.807, 2.05) is 4.90 Å². The van der Waals surface area contributed by atoms with Crippen LogP contribution in [0.25, 0.3) is 0 Å². The van der Waals surface area contributed by atoms with Crippen LogP contribution in [0.15, 0.2) is 0 Å². The standard InChI is InChI=1S/C7H14N2O.CH5N/c1-2-5-9-6-3-4-8-7(9)10;1-2/h2-6H2,1H3,(H,8,10);2H2,1H3. The molecular weight excluding hydrogens is 154 g/mol. The van der Waals surface area contributed by atoms with E-state index in [1.165, 1.54) is 7.05 Å². The summed E-state index contributed by atoms with van der Waals surface area (Å²) < 4.78 is 0. The van der Waals surface area contributed by atoms with Gasteiger partial charge >= 0.3 is 6.03 Å². The lowest BCUT2D eigenvalue weighted by atomic mass is 10.3. The SMILES string of the molecule is CCCN1CCCNC1=O.CN. The van der Waals surface area contributed by atoms with E-state index in [0.29, 0.717) is 0 Å². The molecule has 12 heavy (non-hydrogen) atoms. The van der Waals surface area contributed by atoms with Gasteiger partial charge in [-0.2, -0.15) is 0 Å². The van der Waals surface area contributed by atoms with Crippen LogP contribution in [0.1, 0.15) is 19.8 Å². The first-order valence-electron chi connectivity index (χ1n) is 4.45. The van der Waals surface area contributed by atoms with Gasteiger partial charge in [0.05, 0.1) is 0 Å². The molecular formula is C8H19N3O. The maximum Gasteiger partial charge on any atom is 0.317 e. The lowest BCUT2D eigenvalue weighted by molar-refractivity contribution is 0.186. The maximum absolute atomic E-state index is 11.0. The third kappa shape index (κ3) is 3.57. The third-order valence-electron chi connectivity index (χ3n) is 1.66. The molecule has 3 N–H and O–H groups in total. The minimum Gasteiger partial charge on any atom is -0.338 e. The van der Waals surface area contributed by atoms with Crippen molar-refractivity contribution in [1.29, 1.82) is 0 Å². The Kier molecular flexibility index (Phi) is 6.47. The van der Waals surface area contributed by atoms with Gasteiger partial charge in [-0.1, -0.05) is 6.92 Å². The number of amides is 2. The number of nitrogens with two attached hydrogens (primary N) is 1. The molecule has 4 nitrogen and oxygen atoms in total. The molecule has 0 bridgehead atoms. The summed E-state index contributed by atoms with van der Waals surface area (Å²) in [5.41, 5.74) is 4.50. The summed E-state index contributed by atoms with van der Waals surface area (Å²) >= 11 is 0. The second-order valence-corrected chi connectivity index (χ2v) is 2.57. The van der Waals surface area contributed by atoms with Crippen LogP contribution < -0.4 is 11.1 Å². The van der Waals surface area contributed by atoms with Crippen LogP contribution in [-0.4, -0.2) is 37.6 Å². The zero-order valence-electron chi connectivity index (χ0n) is 7.97. The molecule has 1 saturated heterocycles. The Morgan fingerprint density at radius 2 is 2.25 bits per heavy atom. The number of carbonyl (C=O) groups excluding carboxylic acids is 1. The summed E-state index contributed by atoms with van der Waals surface area (Å²) in [6, 6.07) is 0.105. The normalized spacial score (nSPS) is 16.2. The van der Waals surface area contributed by atoms with Crippen molar-refractivity contribution in [2.24, 2.45) is 5.73 Å². The van der Waals surface area contributed by atoms with E-state index in [1.54, 1.807) is 0 Å². The van der Waals surface area contributed by atoms with Gasteiger partial charge in [0.25, 0.3) is 0 Å². The largest absolute Gasteiger partial charge is 0.338 e. The van der Waals surface area contributed by atoms with E-state index < -0.39 is 0 Å². The van der Waals surface area contributed by atoms with Crippen molar-refractivity contribution in [3.05, 3.63) is 0 Å². The Bertz CT molecular complexity index is 125. The van der Waals surface area contributed by atoms with Gasteiger partial charge in [-0.25, -0.2) is 4.79 Å². The van der Waals surface area contributed by atoms with Gasteiger partial charge in [0.1, 0.15) is 0 Å². The number of nitrogens with zero attached hydrogens (tertiary/aromatic N) is 1. The molecule has 0 unspecified atom stereocenters. The van der Waals surface area contributed by atoms with E-state index >= 15 is 0 Å². The molecule has 0 aromatic heterocycles. The fourth-order valence-electron chi connectivity index (χ4n) is 1.16. The van der Waals surface area contributed by atoms with Crippen LogP contribution in [0.5, 0.6) is 0 Å². The minimum atomic E-state index is 0.105. The molecule has 1 aliphatic rings. The molecule has 2 amide bonds. The molecule has 1 rings (SSSR count). The van der Waals surface area contributed by atoms with Crippen molar-refractivity contribution in [3.8, 4) is 0 Å². The Hall–Kier alpha value is -0.770. The second-order valence-electron chi connectivity index (χ2n) is 2.57. The van der Waals surface area contributed by atoms with E-state index in [2.05, 4.69) is 18.0 Å². The topological polar surface area (TPSA) is 58.4 Å². The molecule has 0 saturated carbocycles. The first-order chi connectivity index (χ1) is 5.84. The Balaban J connectivity index is 0.000000561. The molecule has 1 fully saturated rings. The van der Waals surface area contributed by atoms with Crippen molar-refractivity contribution in [2.75, 3.05) is 26.7 Å². The lowest BCUT2D eigenvalue weighted by Gasteiger charge is -2.26. The Morgan fingerprint density at radius 3 is 2.75 bits per heavy atom. The lowest BCUT2D eigenvalue weighted by Crippen LogP contribution is -2.46. The highest BCUT2D eigenvalue weighted by atomic mass is 16.2. The van der Waals surface area contributed by atoms with Gasteiger partial charge in [-0.05, 0) is 19.9 Å². The van der Waals surface area contributed by atoms with Gasteiger partial charge < -0.3 is 16.0 Å². The number of carbonyl (C=O) groups is 1. The summed E-state index contributed by atoms with van der Waals surface area (Å²) in [5.74, 6) is 0. The average Bonchev–Trinajstić information content (AvgIpc) is 2.13. The fraction of sp³-hybridized carbons (Fsp3) is 0.875. The van der Waals surface area contributed by atoms with Gasteiger partial charge in [-0.3, -0.25) is 0 Å². The summed E-state index contributed by atoms with van der Waals surface area (Å²) in [6.45, 7) is 4.76. The van der Waals surface area contributed by atoms with Crippen molar-refractivity contribution in [3.63, 3.8) is 0 Å². The van der Waals surface area contributed by atoms with Gasteiger partial charge in [0.15, 0.2) is 0 Å². The third-order valence-corrected chi connectivity index (χ3v) is 1.66. The minimum absolute atomic E-state index is 0.105. The molecule has 72 valence electrons. The Labute approximate surface area is 74.1 Å². The number of hydrogen-bond donors (Lipinski definition) is 2. The molecule has 0 aromatic rings. The maximum atomic E-state index is 11.0. The molecule has 0 spiro atoms. The number of nitrogens with one attached hydrogen (secondary N) is 1. The van der Waals surface area contributed by atoms with Crippen LogP contribution >= 0.6 is 0 Å². The van der Waals surface area contributed by atoms with Gasteiger partial charge in [-0.15, -0.1) is 0 Å². The first-order valence-corrected chi connectivity index (χ1v) is 4.45. The average molecular weight is 173 g/mol. The van der Waals surface area contributed by atoms with Gasteiger partial charge in [0, 0.05) is 19.6 Å². The quantitative estimate of drug-likeness (QED) is 0.634. The number of hydrogen-bond acceptors (Lipinski definition) is 2. The molecule has 1 heterocycles. The second kappa shape index (κ2) is 6.91. The predicted octanol–water partition coefficient (Wildman–Crippen LogP) is 0.387. The molecule has 0 aromatic carbocycles. The number of rotatable bonds is 2. The highest BCUT2D eigenvalue weighted by molar-refractivity contribution is 5.74. The highest BCUT2D eigenvalue weighted by Gasteiger charge is 2.14. The van der Waals surface area contributed by atoms with Crippen LogP contribution in [-0.2, 0) is 0 Å². The monoisotopic (exact) mass is 173 g/mol. The fourth-order valence-corrected chi connectivity index (χ4v) is 1.16. The van der Waals surface area contributed by atoms with Crippen molar-refractivity contribution >= 4 is 6.03 Å². The highest BCUT2D eigenvalue weighted by Crippen LogP contribution is 1.98. The van der Waals surface area contributed by atoms with Crippen LogP contribution in [0.4, 0.5) is 4.79 Å². The van der Waals surface area contributed by atoms with E-state index in [0.717, 1.165) is 32.5 Å². The van der Waals surface area contributed by atoms with Crippen LogP contribution in [0.3, 0.4) is 0 Å². The zero-order chi connectivity index (χ0) is 9.40.